The number of likely N-dealkylation sites (tertiary alicyclic amines) is 1. The third-order valence-electron chi connectivity index (χ3n) is 5.30. The number of pyridine rings is 1. The van der Waals surface area contributed by atoms with Crippen molar-refractivity contribution in [1.82, 2.24) is 34.7 Å². The second kappa shape index (κ2) is 7.76. The van der Waals surface area contributed by atoms with Crippen LogP contribution in [0.25, 0.3) is 22.3 Å². The summed E-state index contributed by atoms with van der Waals surface area (Å²) in [5.74, 6) is 0.824. The SMILES string of the molecule is CN1CC(NS(=O)(=O)c2cccc3cccnc23)CC1c1nc(-c2cncnc2)no1. The molecule has 3 aromatic heterocycles. The molecule has 0 saturated carbocycles. The molecule has 4 heterocycles. The highest BCUT2D eigenvalue weighted by molar-refractivity contribution is 7.89. The van der Waals surface area contributed by atoms with E-state index < -0.39 is 10.0 Å². The van der Waals surface area contributed by atoms with Crippen LogP contribution >= 0.6 is 0 Å². The summed E-state index contributed by atoms with van der Waals surface area (Å²) < 4.78 is 34.5. The molecule has 1 fully saturated rings. The summed E-state index contributed by atoms with van der Waals surface area (Å²) in [6.45, 7) is 0.508. The number of hydrogen-bond donors (Lipinski definition) is 1. The number of nitrogens with zero attached hydrogens (tertiary/aromatic N) is 6. The minimum absolute atomic E-state index is 0.167. The lowest BCUT2D eigenvalue weighted by atomic mass is 10.2. The highest BCUT2D eigenvalue weighted by atomic mass is 32.2. The number of hydrogen-bond acceptors (Lipinski definition) is 9. The van der Waals surface area contributed by atoms with Crippen molar-refractivity contribution >= 4 is 20.9 Å². The number of nitrogens with one attached hydrogen (secondary N) is 1. The number of sulfonamides is 1. The maximum Gasteiger partial charge on any atom is 0.244 e. The molecule has 0 spiro atoms. The van der Waals surface area contributed by atoms with Crippen LogP contribution in [0.5, 0.6) is 0 Å². The van der Waals surface area contributed by atoms with Crippen LogP contribution in [0.4, 0.5) is 0 Å². The van der Waals surface area contributed by atoms with Crippen molar-refractivity contribution in [3.05, 3.63) is 61.1 Å². The van der Waals surface area contributed by atoms with Crippen LogP contribution in [0.15, 0.2) is 64.7 Å². The Morgan fingerprint density at radius 3 is 2.81 bits per heavy atom. The minimum atomic E-state index is -3.76. The Labute approximate surface area is 178 Å². The van der Waals surface area contributed by atoms with Gasteiger partial charge >= 0.3 is 0 Å². The van der Waals surface area contributed by atoms with Gasteiger partial charge in [0.25, 0.3) is 0 Å². The average molecular weight is 437 g/mol. The first kappa shape index (κ1) is 19.7. The fourth-order valence-electron chi connectivity index (χ4n) is 3.85. The number of para-hydroxylation sites is 1. The molecular formula is C20H19N7O3S. The van der Waals surface area contributed by atoms with Gasteiger partial charge in [0.05, 0.1) is 17.1 Å². The third kappa shape index (κ3) is 3.78. The molecule has 1 aliphatic rings. The van der Waals surface area contributed by atoms with E-state index in [-0.39, 0.29) is 17.0 Å². The van der Waals surface area contributed by atoms with Crippen molar-refractivity contribution in [3.63, 3.8) is 0 Å². The van der Waals surface area contributed by atoms with Gasteiger partial charge in [-0.25, -0.2) is 23.1 Å². The van der Waals surface area contributed by atoms with E-state index in [1.165, 1.54) is 6.33 Å². The molecule has 1 N–H and O–H groups in total. The first-order valence-corrected chi connectivity index (χ1v) is 11.1. The van der Waals surface area contributed by atoms with Crippen LogP contribution in [0.2, 0.25) is 0 Å². The molecule has 2 unspecified atom stereocenters. The quantitative estimate of drug-likeness (QED) is 0.497. The fraction of sp³-hybridized carbons (Fsp3) is 0.250. The average Bonchev–Trinajstić information content (AvgIpc) is 3.40. The van der Waals surface area contributed by atoms with Crippen LogP contribution in [-0.4, -0.2) is 58.0 Å². The van der Waals surface area contributed by atoms with E-state index in [0.29, 0.717) is 35.8 Å². The normalized spacial score (nSPS) is 19.8. The predicted molar refractivity (Wildman–Crippen MR) is 111 cm³/mol. The van der Waals surface area contributed by atoms with Gasteiger partial charge in [0, 0.05) is 36.6 Å². The zero-order valence-corrected chi connectivity index (χ0v) is 17.4. The summed E-state index contributed by atoms with van der Waals surface area (Å²) in [5.41, 5.74) is 1.10. The number of rotatable bonds is 5. The van der Waals surface area contributed by atoms with E-state index in [1.54, 1.807) is 36.8 Å². The van der Waals surface area contributed by atoms with Crippen molar-refractivity contribution in [2.45, 2.75) is 23.4 Å². The number of benzene rings is 1. The Morgan fingerprint density at radius 1 is 1.16 bits per heavy atom. The number of fused-ring (bicyclic) bond motifs is 1. The van der Waals surface area contributed by atoms with Crippen molar-refractivity contribution in [2.24, 2.45) is 0 Å². The molecule has 5 rings (SSSR count). The van der Waals surface area contributed by atoms with E-state index in [4.69, 9.17) is 4.52 Å². The predicted octanol–water partition coefficient (Wildman–Crippen LogP) is 1.80. The zero-order chi connectivity index (χ0) is 21.4. The molecule has 31 heavy (non-hydrogen) atoms. The largest absolute Gasteiger partial charge is 0.337 e. The Balaban J connectivity index is 1.36. The second-order valence-corrected chi connectivity index (χ2v) is 9.11. The maximum absolute atomic E-state index is 13.1. The fourth-order valence-corrected chi connectivity index (χ4v) is 5.27. The smallest absolute Gasteiger partial charge is 0.244 e. The molecule has 1 saturated heterocycles. The van der Waals surface area contributed by atoms with E-state index in [0.717, 1.165) is 5.39 Å². The summed E-state index contributed by atoms with van der Waals surface area (Å²) >= 11 is 0. The van der Waals surface area contributed by atoms with Gasteiger partial charge in [-0.1, -0.05) is 23.4 Å². The third-order valence-corrected chi connectivity index (χ3v) is 6.85. The monoisotopic (exact) mass is 437 g/mol. The summed E-state index contributed by atoms with van der Waals surface area (Å²) in [5, 5.41) is 4.78. The van der Waals surface area contributed by atoms with Crippen LogP contribution in [0.1, 0.15) is 18.4 Å². The Kier molecular flexibility index (Phi) is 4.93. The first-order chi connectivity index (χ1) is 15.0. The van der Waals surface area contributed by atoms with Crippen molar-refractivity contribution in [2.75, 3.05) is 13.6 Å². The van der Waals surface area contributed by atoms with Gasteiger partial charge in [-0.2, -0.15) is 4.98 Å². The summed E-state index contributed by atoms with van der Waals surface area (Å²) in [7, 11) is -1.86. The van der Waals surface area contributed by atoms with Crippen LogP contribution < -0.4 is 4.72 Å². The Hall–Kier alpha value is -3.28. The lowest BCUT2D eigenvalue weighted by Crippen LogP contribution is -2.36. The molecule has 10 nitrogen and oxygen atoms in total. The summed E-state index contributed by atoms with van der Waals surface area (Å²) in [6, 6.07) is 8.23. The van der Waals surface area contributed by atoms with Gasteiger partial charge in [-0.15, -0.1) is 0 Å². The van der Waals surface area contributed by atoms with Crippen molar-refractivity contribution in [3.8, 4) is 11.4 Å². The molecular weight excluding hydrogens is 418 g/mol. The van der Waals surface area contributed by atoms with Crippen LogP contribution in [-0.2, 0) is 10.0 Å². The van der Waals surface area contributed by atoms with Gasteiger partial charge in [0.2, 0.25) is 21.7 Å². The highest BCUT2D eigenvalue weighted by Gasteiger charge is 2.37. The van der Waals surface area contributed by atoms with Gasteiger partial charge < -0.3 is 4.52 Å². The molecule has 4 aromatic rings. The minimum Gasteiger partial charge on any atom is -0.337 e. The van der Waals surface area contributed by atoms with Crippen molar-refractivity contribution in [1.29, 1.82) is 0 Å². The molecule has 0 bridgehead atoms. The van der Waals surface area contributed by atoms with E-state index >= 15 is 0 Å². The molecule has 0 radical (unpaired) electrons. The zero-order valence-electron chi connectivity index (χ0n) is 16.6. The highest BCUT2D eigenvalue weighted by Crippen LogP contribution is 2.32. The lowest BCUT2D eigenvalue weighted by Gasteiger charge is -2.14. The summed E-state index contributed by atoms with van der Waals surface area (Å²) in [6.07, 6.45) is 6.73. The van der Waals surface area contributed by atoms with Crippen LogP contribution in [0.3, 0.4) is 0 Å². The molecule has 1 aliphatic heterocycles. The van der Waals surface area contributed by atoms with Crippen molar-refractivity contribution < 1.29 is 12.9 Å². The van der Waals surface area contributed by atoms with E-state index in [2.05, 4.69) is 29.8 Å². The Morgan fingerprint density at radius 2 is 1.97 bits per heavy atom. The van der Waals surface area contributed by atoms with Gasteiger partial charge in [0.15, 0.2) is 0 Å². The molecule has 11 heteroatoms. The maximum atomic E-state index is 13.1. The van der Waals surface area contributed by atoms with Crippen LogP contribution in [0, 0.1) is 0 Å². The topological polar surface area (TPSA) is 127 Å². The molecule has 158 valence electrons. The number of aromatic nitrogens is 5. The molecule has 1 aromatic carbocycles. The Bertz CT molecular complexity index is 1320. The number of likely N-dealkylation sites (N-methyl/N-ethyl adjacent to an activating group) is 1. The lowest BCUT2D eigenvalue weighted by molar-refractivity contribution is 0.244. The van der Waals surface area contributed by atoms with Gasteiger partial charge in [0.1, 0.15) is 11.2 Å². The molecule has 0 amide bonds. The molecule has 2 atom stereocenters. The second-order valence-electron chi connectivity index (χ2n) is 7.42. The first-order valence-electron chi connectivity index (χ1n) is 9.66. The van der Waals surface area contributed by atoms with Gasteiger partial charge in [-0.05, 0) is 25.6 Å². The van der Waals surface area contributed by atoms with E-state index in [9.17, 15) is 8.42 Å². The standard InChI is InChI=1S/C20H19N7O3S/c1-27-11-15(8-16(27)20-24-19(25-30-20)14-9-21-12-22-10-14)26-31(28,29)17-6-2-4-13-5-3-7-23-18(13)17/h2-7,9-10,12,15-16,26H,8,11H2,1H3. The summed E-state index contributed by atoms with van der Waals surface area (Å²) in [4.78, 5) is 18.8. The van der Waals surface area contributed by atoms with Gasteiger partial charge in [-0.3, -0.25) is 9.88 Å². The molecule has 0 aliphatic carbocycles. The van der Waals surface area contributed by atoms with E-state index in [1.807, 2.05) is 24.1 Å².